The Hall–Kier alpha value is -1.56. The smallest absolute Gasteiger partial charge is 0.401 e. The van der Waals surface area contributed by atoms with Crippen molar-refractivity contribution in [3.8, 4) is 5.75 Å². The maximum Gasteiger partial charge on any atom is 0.573 e. The molecule has 0 spiro atoms. The molecule has 4 nitrogen and oxygen atoms in total. The van der Waals surface area contributed by atoms with Crippen LogP contribution < -0.4 is 4.74 Å². The van der Waals surface area contributed by atoms with E-state index in [1.54, 1.807) is 0 Å². The van der Waals surface area contributed by atoms with E-state index in [-0.39, 0.29) is 4.31 Å². The molecule has 0 bridgehead atoms. The van der Waals surface area contributed by atoms with Crippen molar-refractivity contribution < 1.29 is 43.9 Å². The third kappa shape index (κ3) is 3.20. The number of nitrogens with zero attached hydrogens (tertiary/aromatic N) is 1. The summed E-state index contributed by atoms with van der Waals surface area (Å²) < 4.78 is 116. The summed E-state index contributed by atoms with van der Waals surface area (Å²) in [7, 11) is -3.58. The summed E-state index contributed by atoms with van der Waals surface area (Å²) >= 11 is 0. The van der Waals surface area contributed by atoms with Crippen LogP contribution in [0, 0.1) is 23.3 Å². The Morgan fingerprint density at radius 1 is 0.905 bits per heavy atom. The van der Waals surface area contributed by atoms with Crippen molar-refractivity contribution in [1.82, 2.24) is 4.31 Å². The number of hydrogen-bond acceptors (Lipinski definition) is 3. The molecule has 21 heavy (non-hydrogen) atoms. The van der Waals surface area contributed by atoms with Gasteiger partial charge in [-0.2, -0.15) is 4.39 Å². The Kier molecular flexibility index (Phi) is 4.44. The largest absolute Gasteiger partial charge is 0.573 e. The van der Waals surface area contributed by atoms with Gasteiger partial charge < -0.3 is 4.74 Å². The summed E-state index contributed by atoms with van der Waals surface area (Å²) in [5.74, 6) is -12.7. The van der Waals surface area contributed by atoms with E-state index >= 15 is 0 Å². The monoisotopic (exact) mass is 341 g/mol. The van der Waals surface area contributed by atoms with Crippen LogP contribution in [0.3, 0.4) is 0 Å². The third-order valence-electron chi connectivity index (χ3n) is 2.14. The van der Waals surface area contributed by atoms with Crippen LogP contribution in [0.15, 0.2) is 4.90 Å². The molecule has 1 rings (SSSR count). The maximum atomic E-state index is 13.5. The van der Waals surface area contributed by atoms with Crippen LogP contribution in [0.25, 0.3) is 0 Å². The van der Waals surface area contributed by atoms with Gasteiger partial charge in [0.15, 0.2) is 22.3 Å². The van der Waals surface area contributed by atoms with Crippen molar-refractivity contribution in [2.75, 3.05) is 14.1 Å². The number of ether oxygens (including phenoxy) is 1. The molecule has 0 heterocycles. The molecule has 0 radical (unpaired) electrons. The van der Waals surface area contributed by atoms with E-state index in [0.717, 1.165) is 14.1 Å². The average Bonchev–Trinajstić information content (AvgIpc) is 2.31. The van der Waals surface area contributed by atoms with E-state index in [1.807, 2.05) is 0 Å². The first kappa shape index (κ1) is 17.5. The van der Waals surface area contributed by atoms with E-state index in [4.69, 9.17) is 0 Å². The summed E-state index contributed by atoms with van der Waals surface area (Å²) in [5, 5.41) is 0. The zero-order chi connectivity index (χ0) is 16.7. The molecular formula is C9H6F7NO3S. The van der Waals surface area contributed by atoms with Crippen LogP contribution in [0.5, 0.6) is 5.75 Å². The topological polar surface area (TPSA) is 46.6 Å². The molecule has 0 aliphatic rings. The fourth-order valence-corrected chi connectivity index (χ4v) is 2.26. The first-order valence-corrected chi connectivity index (χ1v) is 6.29. The minimum atomic E-state index is -5.66. The van der Waals surface area contributed by atoms with E-state index < -0.39 is 50.3 Å². The second-order valence-electron chi connectivity index (χ2n) is 3.75. The highest BCUT2D eigenvalue weighted by Gasteiger charge is 2.41. The molecule has 0 aliphatic heterocycles. The number of sulfonamides is 1. The minimum absolute atomic E-state index is 0.172. The molecule has 0 atom stereocenters. The molecule has 1 aromatic carbocycles. The van der Waals surface area contributed by atoms with Gasteiger partial charge in [0.1, 0.15) is 0 Å². The molecule has 12 heteroatoms. The van der Waals surface area contributed by atoms with Crippen LogP contribution in [-0.4, -0.2) is 33.2 Å². The zero-order valence-corrected chi connectivity index (χ0v) is 11.0. The quantitative estimate of drug-likeness (QED) is 0.482. The average molecular weight is 341 g/mol. The third-order valence-corrected chi connectivity index (χ3v) is 3.98. The molecule has 0 unspecified atom stereocenters. The number of hydrogen-bond donors (Lipinski definition) is 0. The Morgan fingerprint density at radius 3 is 1.71 bits per heavy atom. The van der Waals surface area contributed by atoms with Gasteiger partial charge in [-0.25, -0.2) is 25.9 Å². The Morgan fingerprint density at radius 2 is 1.33 bits per heavy atom. The van der Waals surface area contributed by atoms with Crippen molar-refractivity contribution in [2.24, 2.45) is 0 Å². The molecule has 0 aromatic heterocycles. The van der Waals surface area contributed by atoms with Crippen LogP contribution in [-0.2, 0) is 10.0 Å². The molecule has 0 fully saturated rings. The minimum Gasteiger partial charge on any atom is -0.401 e. The molecular weight excluding hydrogens is 335 g/mol. The fourth-order valence-electron chi connectivity index (χ4n) is 1.21. The van der Waals surface area contributed by atoms with E-state index in [1.165, 1.54) is 0 Å². The predicted octanol–water partition coefficient (Wildman–Crippen LogP) is 2.39. The Bertz CT molecular complexity index is 669. The summed E-state index contributed by atoms with van der Waals surface area (Å²) in [6, 6.07) is 0. The second-order valence-corrected chi connectivity index (χ2v) is 5.84. The molecule has 0 saturated heterocycles. The number of halogens is 7. The van der Waals surface area contributed by atoms with Gasteiger partial charge in [0.2, 0.25) is 21.7 Å². The predicted molar refractivity (Wildman–Crippen MR) is 53.8 cm³/mol. The van der Waals surface area contributed by atoms with Crippen molar-refractivity contribution in [3.05, 3.63) is 23.3 Å². The van der Waals surface area contributed by atoms with Gasteiger partial charge in [0, 0.05) is 14.1 Å². The molecule has 0 aliphatic carbocycles. The van der Waals surface area contributed by atoms with Crippen molar-refractivity contribution in [2.45, 2.75) is 11.3 Å². The van der Waals surface area contributed by atoms with Gasteiger partial charge in [-0.3, -0.25) is 0 Å². The standard InChI is InChI=1S/C9H6F7NO3S/c1-17(2)21(18,19)8-6(13)4(11)3(10)5(12)7(8)20-9(14,15)16/h1-2H3. The number of alkyl halides is 3. The molecule has 0 saturated carbocycles. The lowest BCUT2D eigenvalue weighted by Crippen LogP contribution is -2.27. The zero-order valence-electron chi connectivity index (χ0n) is 10.2. The molecule has 120 valence electrons. The molecule has 1 aromatic rings. The Balaban J connectivity index is 3.85. The van der Waals surface area contributed by atoms with Gasteiger partial charge in [0.25, 0.3) is 0 Å². The lowest BCUT2D eigenvalue weighted by atomic mass is 10.3. The van der Waals surface area contributed by atoms with E-state index in [9.17, 15) is 39.2 Å². The van der Waals surface area contributed by atoms with E-state index in [2.05, 4.69) is 4.74 Å². The van der Waals surface area contributed by atoms with Crippen molar-refractivity contribution in [3.63, 3.8) is 0 Å². The van der Waals surface area contributed by atoms with Gasteiger partial charge in [-0.1, -0.05) is 0 Å². The van der Waals surface area contributed by atoms with Gasteiger partial charge >= 0.3 is 6.36 Å². The van der Waals surface area contributed by atoms with E-state index in [0.29, 0.717) is 0 Å². The number of benzene rings is 1. The highest BCUT2D eigenvalue weighted by Crippen LogP contribution is 2.38. The first-order chi connectivity index (χ1) is 9.30. The summed E-state index contributed by atoms with van der Waals surface area (Å²) in [4.78, 5) is -2.10. The second kappa shape index (κ2) is 5.33. The highest BCUT2D eigenvalue weighted by atomic mass is 32.2. The SMILES string of the molecule is CN(C)S(=O)(=O)c1c(F)c(F)c(F)c(F)c1OC(F)(F)F. The van der Waals surface area contributed by atoms with Crippen molar-refractivity contribution in [1.29, 1.82) is 0 Å². The maximum absolute atomic E-state index is 13.5. The van der Waals surface area contributed by atoms with Gasteiger partial charge in [-0.05, 0) is 0 Å². The summed E-state index contributed by atoms with van der Waals surface area (Å²) in [6.45, 7) is 0. The van der Waals surface area contributed by atoms with Gasteiger partial charge in [-0.15, -0.1) is 13.2 Å². The lowest BCUT2D eigenvalue weighted by Gasteiger charge is -2.18. The van der Waals surface area contributed by atoms with Crippen LogP contribution in [0.1, 0.15) is 0 Å². The normalized spacial score (nSPS) is 12.9. The molecule has 0 amide bonds. The number of rotatable bonds is 3. The van der Waals surface area contributed by atoms with Gasteiger partial charge in [0.05, 0.1) is 0 Å². The molecule has 0 N–H and O–H groups in total. The van der Waals surface area contributed by atoms with Crippen molar-refractivity contribution >= 4 is 10.0 Å². The highest BCUT2D eigenvalue weighted by molar-refractivity contribution is 7.89. The first-order valence-electron chi connectivity index (χ1n) is 4.85. The van der Waals surface area contributed by atoms with Crippen LogP contribution in [0.4, 0.5) is 30.7 Å². The lowest BCUT2D eigenvalue weighted by molar-refractivity contribution is -0.276. The van der Waals surface area contributed by atoms with Crippen LogP contribution in [0.2, 0.25) is 0 Å². The summed E-state index contributed by atoms with van der Waals surface area (Å²) in [6.07, 6.45) is -5.66. The Labute approximate surface area is 113 Å². The summed E-state index contributed by atoms with van der Waals surface area (Å²) in [5.41, 5.74) is 0. The fraction of sp³-hybridized carbons (Fsp3) is 0.333. The van der Waals surface area contributed by atoms with Crippen LogP contribution >= 0.6 is 0 Å².